The fourth-order valence-corrected chi connectivity index (χ4v) is 2.86. The van der Waals surface area contributed by atoms with Crippen LogP contribution in [-0.4, -0.2) is 4.98 Å². The molecule has 0 amide bonds. The molecule has 2 N–H and O–H groups in total. The summed E-state index contributed by atoms with van der Waals surface area (Å²) < 4.78 is 4.97. The molecule has 4 nitrogen and oxygen atoms in total. The van der Waals surface area contributed by atoms with E-state index in [2.05, 4.69) is 29.4 Å². The van der Waals surface area contributed by atoms with Crippen LogP contribution >= 0.6 is 11.3 Å². The summed E-state index contributed by atoms with van der Waals surface area (Å²) in [5.74, 6) is -0.419. The van der Waals surface area contributed by atoms with Gasteiger partial charge in [0.2, 0.25) is 0 Å². The lowest BCUT2D eigenvalue weighted by molar-refractivity contribution is 0.555. The van der Waals surface area contributed by atoms with Gasteiger partial charge in [-0.05, 0) is 36.8 Å². The molecule has 0 bridgehead atoms. The first kappa shape index (κ1) is 12.0. The number of hydrogen-bond donors (Lipinski definition) is 2. The molecule has 19 heavy (non-hydrogen) atoms. The van der Waals surface area contributed by atoms with E-state index in [0.29, 0.717) is 5.58 Å². The van der Waals surface area contributed by atoms with Crippen LogP contribution in [0.15, 0.2) is 39.5 Å². The van der Waals surface area contributed by atoms with Crippen LogP contribution in [-0.2, 0) is 13.0 Å². The van der Waals surface area contributed by atoms with Crippen LogP contribution in [0.3, 0.4) is 0 Å². The number of nitrogens with one attached hydrogen (secondary N) is 2. The lowest BCUT2D eigenvalue weighted by Gasteiger charge is -2.04. The number of benzene rings is 1. The fraction of sp³-hybridized carbons (Fsp3) is 0.214. The minimum absolute atomic E-state index is 0.419. The molecule has 1 aromatic carbocycles. The number of aromatic nitrogens is 1. The molecule has 3 aromatic rings. The topological polar surface area (TPSA) is 58.0 Å². The Morgan fingerprint density at radius 2 is 2.11 bits per heavy atom. The first-order valence-electron chi connectivity index (χ1n) is 6.19. The lowest BCUT2D eigenvalue weighted by Crippen LogP contribution is -1.97. The number of anilines is 1. The Morgan fingerprint density at radius 3 is 2.89 bits per heavy atom. The van der Waals surface area contributed by atoms with Crippen LogP contribution < -0.4 is 11.1 Å². The maximum atomic E-state index is 11.1. The molecule has 0 radical (unpaired) electrons. The van der Waals surface area contributed by atoms with Crippen molar-refractivity contribution in [2.24, 2.45) is 0 Å². The van der Waals surface area contributed by atoms with E-state index in [1.807, 2.05) is 23.5 Å². The van der Waals surface area contributed by atoms with Crippen molar-refractivity contribution in [3.05, 3.63) is 50.6 Å². The third-order valence-corrected chi connectivity index (χ3v) is 4.18. The normalized spacial score (nSPS) is 11.0. The van der Waals surface area contributed by atoms with Gasteiger partial charge in [0.15, 0.2) is 5.58 Å². The van der Waals surface area contributed by atoms with E-state index < -0.39 is 5.76 Å². The van der Waals surface area contributed by atoms with Crippen LogP contribution in [0, 0.1) is 0 Å². The SMILES string of the molecule is CCc1ccc(CNc2ccc3oc(=O)[nH]c3c2)s1. The van der Waals surface area contributed by atoms with Gasteiger partial charge in [-0.25, -0.2) is 4.79 Å². The molecule has 0 atom stereocenters. The molecule has 0 fully saturated rings. The van der Waals surface area contributed by atoms with E-state index in [1.165, 1.54) is 9.75 Å². The molecule has 3 rings (SSSR count). The standard InChI is InChI=1S/C14H14N2O2S/c1-2-10-4-5-11(19-10)8-15-9-3-6-13-12(7-9)16-14(17)18-13/h3-7,15H,2,8H2,1H3,(H,16,17). The van der Waals surface area contributed by atoms with E-state index in [-0.39, 0.29) is 0 Å². The molecule has 0 unspecified atom stereocenters. The van der Waals surface area contributed by atoms with Gasteiger partial charge in [-0.2, -0.15) is 0 Å². The molecular weight excluding hydrogens is 260 g/mol. The van der Waals surface area contributed by atoms with Gasteiger partial charge >= 0.3 is 5.76 Å². The first-order valence-corrected chi connectivity index (χ1v) is 7.00. The van der Waals surface area contributed by atoms with Gasteiger partial charge in [0.25, 0.3) is 0 Å². The molecule has 0 saturated carbocycles. The monoisotopic (exact) mass is 274 g/mol. The number of hydrogen-bond acceptors (Lipinski definition) is 4. The van der Waals surface area contributed by atoms with E-state index in [1.54, 1.807) is 6.07 Å². The van der Waals surface area contributed by atoms with Crippen LogP contribution in [0.25, 0.3) is 11.1 Å². The zero-order chi connectivity index (χ0) is 13.2. The van der Waals surface area contributed by atoms with Gasteiger partial charge in [-0.15, -0.1) is 11.3 Å². The average Bonchev–Trinajstić information content (AvgIpc) is 3.00. The molecule has 0 aliphatic heterocycles. The predicted molar refractivity (Wildman–Crippen MR) is 77.9 cm³/mol. The highest BCUT2D eigenvalue weighted by molar-refractivity contribution is 7.12. The minimum atomic E-state index is -0.419. The van der Waals surface area contributed by atoms with Crippen molar-refractivity contribution in [1.82, 2.24) is 4.98 Å². The summed E-state index contributed by atoms with van der Waals surface area (Å²) >= 11 is 1.82. The summed E-state index contributed by atoms with van der Waals surface area (Å²) in [5, 5.41) is 3.35. The smallest absolute Gasteiger partial charge is 0.408 e. The van der Waals surface area contributed by atoms with Gasteiger partial charge < -0.3 is 9.73 Å². The van der Waals surface area contributed by atoms with E-state index >= 15 is 0 Å². The summed E-state index contributed by atoms with van der Waals surface area (Å²) in [5.41, 5.74) is 2.27. The summed E-state index contributed by atoms with van der Waals surface area (Å²) in [7, 11) is 0. The van der Waals surface area contributed by atoms with Crippen molar-refractivity contribution in [2.75, 3.05) is 5.32 Å². The molecule has 0 aliphatic rings. The summed E-state index contributed by atoms with van der Waals surface area (Å²) in [6.07, 6.45) is 1.08. The molecule has 0 saturated heterocycles. The molecule has 0 aliphatic carbocycles. The highest BCUT2D eigenvalue weighted by Gasteiger charge is 2.03. The third kappa shape index (κ3) is 2.56. The maximum Gasteiger partial charge on any atom is 0.417 e. The Labute approximate surface area is 114 Å². The second kappa shape index (κ2) is 4.93. The van der Waals surface area contributed by atoms with Crippen molar-refractivity contribution < 1.29 is 4.42 Å². The van der Waals surface area contributed by atoms with Crippen LogP contribution in [0.5, 0.6) is 0 Å². The Bertz CT molecular complexity index is 754. The molecular formula is C14H14N2O2S. The molecule has 2 aromatic heterocycles. The number of rotatable bonds is 4. The van der Waals surface area contributed by atoms with Gasteiger partial charge in [0.05, 0.1) is 5.52 Å². The Balaban J connectivity index is 1.75. The number of oxazole rings is 1. The molecule has 0 spiro atoms. The molecule has 98 valence electrons. The maximum absolute atomic E-state index is 11.1. The molecule has 5 heteroatoms. The highest BCUT2D eigenvalue weighted by atomic mass is 32.1. The average molecular weight is 274 g/mol. The lowest BCUT2D eigenvalue weighted by atomic mass is 10.3. The predicted octanol–water partition coefficient (Wildman–Crippen LogP) is 3.36. The second-order valence-electron chi connectivity index (χ2n) is 4.30. The third-order valence-electron chi connectivity index (χ3n) is 2.95. The number of fused-ring (bicyclic) bond motifs is 1. The number of H-pyrrole nitrogens is 1. The van der Waals surface area contributed by atoms with Crippen LogP contribution in [0.2, 0.25) is 0 Å². The number of thiophene rings is 1. The van der Waals surface area contributed by atoms with Gasteiger partial charge in [-0.1, -0.05) is 6.92 Å². The van der Waals surface area contributed by atoms with E-state index in [0.717, 1.165) is 24.2 Å². The first-order chi connectivity index (χ1) is 9.24. The highest BCUT2D eigenvalue weighted by Crippen LogP contribution is 2.20. The van der Waals surface area contributed by atoms with Crippen molar-refractivity contribution in [1.29, 1.82) is 0 Å². The van der Waals surface area contributed by atoms with E-state index in [4.69, 9.17) is 4.42 Å². The van der Waals surface area contributed by atoms with Gasteiger partial charge in [0.1, 0.15) is 0 Å². The van der Waals surface area contributed by atoms with Gasteiger partial charge in [0, 0.05) is 22.0 Å². The zero-order valence-electron chi connectivity index (χ0n) is 10.5. The Morgan fingerprint density at radius 1 is 1.26 bits per heavy atom. The summed E-state index contributed by atoms with van der Waals surface area (Å²) in [6, 6.07) is 9.90. The van der Waals surface area contributed by atoms with Crippen molar-refractivity contribution in [3.63, 3.8) is 0 Å². The fourth-order valence-electron chi connectivity index (χ4n) is 1.96. The van der Waals surface area contributed by atoms with Crippen LogP contribution in [0.4, 0.5) is 5.69 Å². The second-order valence-corrected chi connectivity index (χ2v) is 5.55. The Kier molecular flexibility index (Phi) is 3.13. The van der Waals surface area contributed by atoms with E-state index in [9.17, 15) is 4.79 Å². The largest absolute Gasteiger partial charge is 0.417 e. The van der Waals surface area contributed by atoms with Crippen molar-refractivity contribution in [3.8, 4) is 0 Å². The summed E-state index contributed by atoms with van der Waals surface area (Å²) in [4.78, 5) is 16.4. The van der Waals surface area contributed by atoms with Crippen molar-refractivity contribution in [2.45, 2.75) is 19.9 Å². The van der Waals surface area contributed by atoms with Crippen LogP contribution in [0.1, 0.15) is 16.7 Å². The number of aromatic amines is 1. The minimum Gasteiger partial charge on any atom is -0.408 e. The quantitative estimate of drug-likeness (QED) is 0.767. The summed E-state index contributed by atoms with van der Waals surface area (Å²) in [6.45, 7) is 2.95. The number of aryl methyl sites for hydroxylation is 1. The Hall–Kier alpha value is -2.01. The van der Waals surface area contributed by atoms with Crippen molar-refractivity contribution >= 4 is 28.1 Å². The van der Waals surface area contributed by atoms with Gasteiger partial charge in [-0.3, -0.25) is 4.98 Å². The zero-order valence-corrected chi connectivity index (χ0v) is 11.3. The molecule has 2 heterocycles.